The van der Waals surface area contributed by atoms with Gasteiger partial charge in [-0.25, -0.2) is 9.98 Å². The van der Waals surface area contributed by atoms with Crippen LogP contribution in [0.5, 0.6) is 0 Å². The Balaban J connectivity index is 1.13. The number of guanidine groups is 2. The molecule has 6 rings (SSSR count). The Morgan fingerprint density at radius 1 is 0.771 bits per heavy atom. The molecule has 6 aliphatic rings. The van der Waals surface area contributed by atoms with E-state index in [1.807, 2.05) is 0 Å². The quantitative estimate of drug-likeness (QED) is 0.0475. The smallest absolute Gasteiger partial charge is 0.280 e. The lowest BCUT2D eigenvalue weighted by Gasteiger charge is -2.56. The van der Waals surface area contributed by atoms with E-state index in [1.165, 1.54) is 25.9 Å². The first-order valence-electron chi connectivity index (χ1n) is 22.9. The van der Waals surface area contributed by atoms with E-state index in [0.29, 0.717) is 0 Å². The van der Waals surface area contributed by atoms with Gasteiger partial charge in [0.1, 0.15) is 84.8 Å². The van der Waals surface area contributed by atoms with Crippen molar-refractivity contribution >= 4 is 23.6 Å². The van der Waals surface area contributed by atoms with Crippen LogP contribution < -0.4 is 33.6 Å². The molecule has 2 saturated carbocycles. The average Bonchev–Trinajstić information content (AvgIpc) is 3.52. The third kappa shape index (κ3) is 10.9. The summed E-state index contributed by atoms with van der Waals surface area (Å²) in [7, 11) is 4.58. The van der Waals surface area contributed by atoms with Gasteiger partial charge in [0, 0.05) is 32.5 Å². The maximum atomic E-state index is 13.3. The van der Waals surface area contributed by atoms with Crippen molar-refractivity contribution in [2.45, 2.75) is 173 Å². The lowest BCUT2D eigenvalue weighted by molar-refractivity contribution is -0.423. The lowest BCUT2D eigenvalue weighted by Crippen LogP contribution is -2.78. The Kier molecular flexibility index (Phi) is 18.1. The molecule has 0 aromatic carbocycles. The molecule has 6 fully saturated rings. The number of aliphatic hydroxyl groups is 11. The molecule has 0 bridgehead atoms. The first-order chi connectivity index (χ1) is 32.8. The number of carbonyl (C=O) groups excluding carboxylic acids is 2. The number of amides is 1. The van der Waals surface area contributed by atoms with Gasteiger partial charge in [0.2, 0.25) is 12.2 Å². The van der Waals surface area contributed by atoms with E-state index in [4.69, 9.17) is 56.1 Å². The molecule has 30 heteroatoms. The van der Waals surface area contributed by atoms with Crippen LogP contribution in [0, 0.1) is 0 Å². The van der Waals surface area contributed by atoms with Gasteiger partial charge in [-0.15, -0.1) is 0 Å². The fraction of sp³-hybridized carbons (Fsp3) is 0.900. The number of hydrogen-bond acceptors (Lipinski definition) is 25. The van der Waals surface area contributed by atoms with Crippen molar-refractivity contribution < 1.29 is 98.9 Å². The second kappa shape index (κ2) is 22.5. The van der Waals surface area contributed by atoms with Gasteiger partial charge in [0.25, 0.3) is 5.79 Å². The first-order valence-corrected chi connectivity index (χ1v) is 22.9. The molecule has 24 atom stereocenters. The predicted molar refractivity (Wildman–Crippen MR) is 235 cm³/mol. The van der Waals surface area contributed by atoms with Crippen molar-refractivity contribution in [3.63, 3.8) is 0 Å². The molecule has 402 valence electrons. The highest BCUT2D eigenvalue weighted by molar-refractivity contribution is 5.87. The molecule has 0 spiro atoms. The Labute approximate surface area is 402 Å². The van der Waals surface area contributed by atoms with Gasteiger partial charge in [-0.1, -0.05) is 0 Å². The highest BCUT2D eigenvalue weighted by Gasteiger charge is 2.65. The summed E-state index contributed by atoms with van der Waals surface area (Å²) >= 11 is 0. The summed E-state index contributed by atoms with van der Waals surface area (Å²) < 4.78 is 41.7. The number of aliphatic hydroxyl groups excluding tert-OH is 9. The maximum absolute atomic E-state index is 13.3. The fourth-order valence-electron chi connectivity index (χ4n) is 10.2. The van der Waals surface area contributed by atoms with Crippen LogP contribution in [0.25, 0.3) is 0 Å². The molecule has 0 aromatic heterocycles. The number of Topliss-reactive ketones (excluding diaryl/α,β-unsaturated/α-hetero) is 1. The van der Waals surface area contributed by atoms with E-state index in [1.54, 1.807) is 18.9 Å². The zero-order chi connectivity index (χ0) is 51.9. The Morgan fingerprint density at radius 2 is 1.41 bits per heavy atom. The number of nitrogens with zero attached hydrogens (tertiary/aromatic N) is 4. The molecule has 8 unspecified atom stereocenters. The summed E-state index contributed by atoms with van der Waals surface area (Å²) in [5, 5.41) is 128. The highest BCUT2D eigenvalue weighted by atomic mass is 16.8. The average molecular weight is 1010 g/mol. The molecular weight excluding hydrogens is 940 g/mol. The molecule has 4 saturated heterocycles. The van der Waals surface area contributed by atoms with E-state index in [2.05, 4.69) is 20.6 Å². The van der Waals surface area contributed by atoms with Gasteiger partial charge in [0.05, 0.1) is 49.7 Å². The molecular formula is C40H72N10O20. The number of ketones is 1. The van der Waals surface area contributed by atoms with Crippen molar-refractivity contribution in [3.05, 3.63) is 0 Å². The second-order valence-electron chi connectivity index (χ2n) is 18.8. The normalized spacial score (nSPS) is 46.3. The zero-order valence-corrected chi connectivity index (χ0v) is 39.3. The van der Waals surface area contributed by atoms with Crippen LogP contribution in [0.2, 0.25) is 0 Å². The number of hydrogen-bond donors (Lipinski definition) is 17. The van der Waals surface area contributed by atoms with Crippen LogP contribution >= 0.6 is 0 Å². The van der Waals surface area contributed by atoms with Crippen LogP contribution in [-0.4, -0.2) is 289 Å². The Hall–Kier alpha value is -3.16. The number of nitrogens with one attached hydrogen (secondary N) is 2. The highest BCUT2D eigenvalue weighted by Crippen LogP contribution is 2.43. The minimum Gasteiger partial charge on any atom is -0.394 e. The SMILES string of the molecule is CN[C@H]1C(O)[C@H]2O[C@@H]3O[C@H](C)CC(=O)[C@]3(O)O[C@@H]2[C@@H](N(C)CCC(=O)NCCN(C)C2C(OC3[C@H](OC4[C@@H](N=C(N)N)C(O)C(N=C(N)N)[C@H](O)[C@@H]4O)O[C@@H](C)[C@@]3(O)CO)OC(CO)[C@H](O)[C@@H]2O)[C@H]1O. The number of rotatable bonds is 17. The summed E-state index contributed by atoms with van der Waals surface area (Å²) in [6.45, 7) is 0.976. The van der Waals surface area contributed by atoms with Crippen molar-refractivity contribution in [2.24, 2.45) is 32.9 Å². The largest absolute Gasteiger partial charge is 0.394 e. The summed E-state index contributed by atoms with van der Waals surface area (Å²) in [5.74, 6) is -4.81. The molecule has 1 amide bonds. The summed E-state index contributed by atoms with van der Waals surface area (Å²) in [6.07, 6.45) is -26.3. The molecule has 21 N–H and O–H groups in total. The van der Waals surface area contributed by atoms with Crippen LogP contribution in [0.3, 0.4) is 0 Å². The van der Waals surface area contributed by atoms with Crippen molar-refractivity contribution in [2.75, 3.05) is 54.0 Å². The molecule has 4 heterocycles. The Bertz CT molecular complexity index is 1860. The van der Waals surface area contributed by atoms with Gasteiger partial charge < -0.3 is 123 Å². The number of fused-ring (bicyclic) bond motifs is 2. The number of ether oxygens (including phenoxy) is 7. The third-order valence-corrected chi connectivity index (χ3v) is 14.2. The van der Waals surface area contributed by atoms with Crippen LogP contribution in [0.4, 0.5) is 0 Å². The third-order valence-electron chi connectivity index (χ3n) is 14.2. The molecule has 4 aliphatic heterocycles. The fourth-order valence-corrected chi connectivity index (χ4v) is 10.2. The summed E-state index contributed by atoms with van der Waals surface area (Å²) in [4.78, 5) is 37.1. The minimum absolute atomic E-state index is 0.00999. The van der Waals surface area contributed by atoms with E-state index in [0.717, 1.165) is 0 Å². The lowest BCUT2D eigenvalue weighted by atomic mass is 9.79. The van der Waals surface area contributed by atoms with Crippen molar-refractivity contribution in [3.8, 4) is 0 Å². The minimum atomic E-state index is -2.51. The Morgan fingerprint density at radius 3 is 2.03 bits per heavy atom. The van der Waals surface area contributed by atoms with Gasteiger partial charge >= 0.3 is 0 Å². The topological polar surface area (TPSA) is 481 Å². The molecule has 30 nitrogen and oxygen atoms in total. The number of aliphatic imine (C=N–C) groups is 2. The molecule has 0 radical (unpaired) electrons. The number of likely N-dealkylation sites (N-methyl/N-ethyl adjacent to an activating group) is 3. The molecule has 2 aliphatic carbocycles. The summed E-state index contributed by atoms with van der Waals surface area (Å²) in [6, 6.07) is -6.43. The van der Waals surface area contributed by atoms with Crippen LogP contribution in [0.1, 0.15) is 26.7 Å². The van der Waals surface area contributed by atoms with Gasteiger partial charge in [-0.3, -0.25) is 19.4 Å². The molecule has 70 heavy (non-hydrogen) atoms. The van der Waals surface area contributed by atoms with Gasteiger partial charge in [-0.05, 0) is 35.0 Å². The van der Waals surface area contributed by atoms with E-state index in [9.17, 15) is 65.8 Å². The van der Waals surface area contributed by atoms with Crippen molar-refractivity contribution in [1.82, 2.24) is 20.4 Å². The standard InChI is InChI=1S/C40H72N10O20/c1-13-10-16(53)40(63)36(64-13)68-32-27(59)18(45-3)25(57)21(31(32)70-40)49(4)8-6-17(54)46-7-9-50(5)22-28(60)23(55)15(11-51)66-34(22)69-33-35(65-14(2)39(33,62)12-52)67-30-20(48-38(43)44)24(56)19(47-37(41)42)26(58)29(30)61/h13-15,18-36,45,51-52,55-63H,6-12H2,1-5H3,(H,46,54)(H4,41,42,47)(H4,43,44,48)/t13-,14+,15?,18-,19?,20+,21+,22?,23+,24?,25+,26+,27?,28-,29+,30?,31-,32-,33?,34?,35+,36+,39+,40+/m1/s1. The second-order valence-corrected chi connectivity index (χ2v) is 18.8. The van der Waals surface area contributed by atoms with E-state index < -0.39 is 183 Å². The monoisotopic (exact) mass is 1010 g/mol. The van der Waals surface area contributed by atoms with Crippen LogP contribution in [-0.2, 0) is 42.7 Å². The number of nitrogens with two attached hydrogens (primary N) is 4. The van der Waals surface area contributed by atoms with Gasteiger partial charge in [-0.2, -0.15) is 0 Å². The van der Waals surface area contributed by atoms with E-state index >= 15 is 0 Å². The van der Waals surface area contributed by atoms with E-state index in [-0.39, 0.29) is 32.5 Å². The molecule has 0 aromatic rings. The first kappa shape index (κ1) is 56.1. The summed E-state index contributed by atoms with van der Waals surface area (Å²) in [5.41, 5.74) is 19.9. The van der Waals surface area contributed by atoms with Crippen LogP contribution in [0.15, 0.2) is 9.98 Å². The maximum Gasteiger partial charge on any atom is 0.280 e. The van der Waals surface area contributed by atoms with Gasteiger partial charge in [0.15, 0.2) is 30.3 Å². The number of carbonyl (C=O) groups is 2. The van der Waals surface area contributed by atoms with Crippen molar-refractivity contribution in [1.29, 1.82) is 0 Å². The zero-order valence-electron chi connectivity index (χ0n) is 39.3. The predicted octanol–water partition coefficient (Wildman–Crippen LogP) is -11.3.